The van der Waals surface area contributed by atoms with Crippen molar-refractivity contribution in [3.63, 3.8) is 0 Å². The van der Waals surface area contributed by atoms with E-state index in [1.165, 1.54) is 13.0 Å². The highest BCUT2D eigenvalue weighted by molar-refractivity contribution is 5.96. The van der Waals surface area contributed by atoms with Gasteiger partial charge in [-0.05, 0) is 37.6 Å². The first-order valence-electron chi connectivity index (χ1n) is 5.71. The fraction of sp³-hybridized carbons (Fsp3) is 0.417. The monoisotopic (exact) mass is 275 g/mol. The lowest BCUT2D eigenvalue weighted by Gasteiger charge is -2.23. The summed E-state index contributed by atoms with van der Waals surface area (Å²) in [7, 11) is 0. The summed E-state index contributed by atoms with van der Waals surface area (Å²) in [5.41, 5.74) is 3.81. The van der Waals surface area contributed by atoms with Crippen molar-refractivity contribution in [1.29, 1.82) is 0 Å². The third kappa shape index (κ3) is 4.13. The van der Waals surface area contributed by atoms with Gasteiger partial charge in [-0.1, -0.05) is 0 Å². The molecule has 0 aliphatic carbocycles. The van der Waals surface area contributed by atoms with Crippen LogP contribution in [0.15, 0.2) is 18.2 Å². The van der Waals surface area contributed by atoms with Crippen molar-refractivity contribution >= 4 is 11.6 Å². The second-order valence-electron chi connectivity index (χ2n) is 4.11. The zero-order valence-corrected chi connectivity index (χ0v) is 10.7. The number of nitrogens with one attached hydrogen (secondary N) is 1. The second kappa shape index (κ2) is 5.92. The number of rotatable bonds is 4. The number of alkyl halides is 3. The fourth-order valence-corrected chi connectivity index (χ4v) is 1.71. The zero-order chi connectivity index (χ0) is 14.6. The van der Waals surface area contributed by atoms with E-state index in [0.717, 1.165) is 4.90 Å². The first kappa shape index (κ1) is 15.3. The topological polar surface area (TPSA) is 58.4 Å². The van der Waals surface area contributed by atoms with Crippen molar-refractivity contribution in [1.82, 2.24) is 4.90 Å². The highest BCUT2D eigenvalue weighted by atomic mass is 19.4. The molecular weight excluding hydrogens is 259 g/mol. The maximum absolute atomic E-state index is 12.4. The van der Waals surface area contributed by atoms with Crippen LogP contribution in [0, 0.1) is 6.92 Å². The van der Waals surface area contributed by atoms with E-state index in [1.807, 2.05) is 0 Å². The van der Waals surface area contributed by atoms with Gasteiger partial charge in [0.1, 0.15) is 6.54 Å². The minimum Gasteiger partial charge on any atom is -0.330 e. The third-order valence-corrected chi connectivity index (χ3v) is 2.66. The van der Waals surface area contributed by atoms with Crippen LogP contribution in [0.4, 0.5) is 18.9 Å². The Kier molecular flexibility index (Phi) is 4.77. The number of nitrogens with two attached hydrogens (primary N) is 1. The van der Waals surface area contributed by atoms with Crippen molar-refractivity contribution < 1.29 is 18.0 Å². The Morgan fingerprint density at radius 2 is 2.05 bits per heavy atom. The maximum Gasteiger partial charge on any atom is 0.406 e. The van der Waals surface area contributed by atoms with E-state index in [9.17, 15) is 18.0 Å². The van der Waals surface area contributed by atoms with Crippen molar-refractivity contribution in [2.75, 3.05) is 18.5 Å². The van der Waals surface area contributed by atoms with Crippen LogP contribution in [0.3, 0.4) is 0 Å². The molecule has 0 spiro atoms. The SMILES string of the molecule is CCN(CC(F)(F)F)C(=O)c1ccc(NN)cc1C. The minimum atomic E-state index is -4.40. The summed E-state index contributed by atoms with van der Waals surface area (Å²) in [6, 6.07) is 4.61. The molecule has 0 aliphatic heterocycles. The van der Waals surface area contributed by atoms with Crippen molar-refractivity contribution in [3.8, 4) is 0 Å². The van der Waals surface area contributed by atoms with Crippen molar-refractivity contribution in [2.45, 2.75) is 20.0 Å². The summed E-state index contributed by atoms with van der Waals surface area (Å²) in [6.07, 6.45) is -4.40. The third-order valence-electron chi connectivity index (χ3n) is 2.66. The van der Waals surface area contributed by atoms with Gasteiger partial charge in [-0.25, -0.2) is 0 Å². The lowest BCUT2D eigenvalue weighted by Crippen LogP contribution is -2.39. The number of hydrogen-bond donors (Lipinski definition) is 2. The number of hydrogen-bond acceptors (Lipinski definition) is 3. The number of nitrogen functional groups attached to an aromatic ring is 1. The Morgan fingerprint density at radius 3 is 2.47 bits per heavy atom. The van der Waals surface area contributed by atoms with Gasteiger partial charge >= 0.3 is 6.18 Å². The Bertz CT molecular complexity index is 460. The van der Waals surface area contributed by atoms with Crippen molar-refractivity contribution in [2.24, 2.45) is 5.84 Å². The number of amides is 1. The van der Waals surface area contributed by atoms with Gasteiger partial charge in [0.05, 0.1) is 0 Å². The summed E-state index contributed by atoms with van der Waals surface area (Å²) in [6.45, 7) is 1.90. The first-order valence-corrected chi connectivity index (χ1v) is 5.71. The number of benzene rings is 1. The largest absolute Gasteiger partial charge is 0.406 e. The standard InChI is InChI=1S/C12H16F3N3O/c1-3-18(7-12(13,14)15)11(19)10-5-4-9(17-16)6-8(10)2/h4-6,17H,3,7,16H2,1-2H3. The minimum absolute atomic E-state index is 0.00528. The van der Waals surface area contributed by atoms with Crippen LogP contribution in [0.5, 0.6) is 0 Å². The van der Waals surface area contributed by atoms with Gasteiger partial charge in [0.25, 0.3) is 5.91 Å². The summed E-state index contributed by atoms with van der Waals surface area (Å²) in [5.74, 6) is 4.58. The summed E-state index contributed by atoms with van der Waals surface area (Å²) >= 11 is 0. The van der Waals surface area contributed by atoms with Crippen LogP contribution in [-0.4, -0.2) is 30.1 Å². The molecule has 0 radical (unpaired) electrons. The predicted molar refractivity (Wildman–Crippen MR) is 66.6 cm³/mol. The second-order valence-corrected chi connectivity index (χ2v) is 4.11. The molecule has 0 saturated carbocycles. The molecular formula is C12H16F3N3O. The van der Waals surface area contributed by atoms with Crippen molar-refractivity contribution in [3.05, 3.63) is 29.3 Å². The molecule has 1 amide bonds. The molecule has 0 unspecified atom stereocenters. The molecule has 0 bridgehead atoms. The van der Waals surface area contributed by atoms with Crippen LogP contribution >= 0.6 is 0 Å². The molecule has 4 nitrogen and oxygen atoms in total. The summed E-state index contributed by atoms with van der Waals surface area (Å²) < 4.78 is 37.1. The number of anilines is 1. The molecule has 1 rings (SSSR count). The quantitative estimate of drug-likeness (QED) is 0.655. The molecule has 106 valence electrons. The lowest BCUT2D eigenvalue weighted by molar-refractivity contribution is -0.140. The van der Waals surface area contributed by atoms with E-state index in [-0.39, 0.29) is 12.1 Å². The first-order chi connectivity index (χ1) is 8.78. The predicted octanol–water partition coefficient (Wildman–Crippen LogP) is 2.31. The van der Waals surface area contributed by atoms with E-state index in [2.05, 4.69) is 5.43 Å². The number of nitrogens with zero attached hydrogens (tertiary/aromatic N) is 1. The van der Waals surface area contributed by atoms with Crippen LogP contribution in [0.25, 0.3) is 0 Å². The number of hydrazine groups is 1. The van der Waals surface area contributed by atoms with Crippen LogP contribution in [0.2, 0.25) is 0 Å². The highest BCUT2D eigenvalue weighted by Gasteiger charge is 2.32. The average molecular weight is 275 g/mol. The molecule has 1 aromatic rings. The molecule has 1 aromatic carbocycles. The van der Waals surface area contributed by atoms with Gasteiger partial charge in [-0.2, -0.15) is 13.2 Å². The fourth-order valence-electron chi connectivity index (χ4n) is 1.71. The number of carbonyl (C=O) groups excluding carboxylic acids is 1. The van der Waals surface area contributed by atoms with Crippen LogP contribution in [0.1, 0.15) is 22.8 Å². The molecule has 3 N–H and O–H groups in total. The Balaban J connectivity index is 2.98. The summed E-state index contributed by atoms with van der Waals surface area (Å²) in [5, 5.41) is 0. The van der Waals surface area contributed by atoms with E-state index in [4.69, 9.17) is 5.84 Å². The molecule has 0 saturated heterocycles. The lowest BCUT2D eigenvalue weighted by atomic mass is 10.1. The molecule has 0 aromatic heterocycles. The Morgan fingerprint density at radius 1 is 1.42 bits per heavy atom. The van der Waals surface area contributed by atoms with E-state index in [0.29, 0.717) is 11.3 Å². The molecule has 0 heterocycles. The highest BCUT2D eigenvalue weighted by Crippen LogP contribution is 2.20. The van der Waals surface area contributed by atoms with Gasteiger partial charge in [0, 0.05) is 17.8 Å². The van der Waals surface area contributed by atoms with Crippen LogP contribution < -0.4 is 11.3 Å². The van der Waals surface area contributed by atoms with E-state index in [1.54, 1.807) is 19.1 Å². The number of halogens is 3. The Labute approximate surface area is 109 Å². The molecule has 0 aliphatic rings. The van der Waals surface area contributed by atoms with E-state index < -0.39 is 18.6 Å². The normalized spacial score (nSPS) is 11.3. The average Bonchev–Trinajstić information content (AvgIpc) is 2.33. The number of carbonyl (C=O) groups is 1. The molecule has 7 heteroatoms. The van der Waals surface area contributed by atoms with Gasteiger partial charge in [0.2, 0.25) is 0 Å². The van der Waals surface area contributed by atoms with Gasteiger partial charge < -0.3 is 10.3 Å². The van der Waals surface area contributed by atoms with Gasteiger partial charge in [0.15, 0.2) is 0 Å². The Hall–Kier alpha value is -1.76. The van der Waals surface area contributed by atoms with Gasteiger partial charge in [-0.3, -0.25) is 10.6 Å². The number of aryl methyl sites for hydroxylation is 1. The zero-order valence-electron chi connectivity index (χ0n) is 10.7. The maximum atomic E-state index is 12.4. The molecule has 0 fully saturated rings. The van der Waals surface area contributed by atoms with Crippen LogP contribution in [-0.2, 0) is 0 Å². The van der Waals surface area contributed by atoms with E-state index >= 15 is 0 Å². The molecule has 19 heavy (non-hydrogen) atoms. The molecule has 0 atom stereocenters. The smallest absolute Gasteiger partial charge is 0.330 e. The van der Waals surface area contributed by atoms with Gasteiger partial charge in [-0.15, -0.1) is 0 Å². The summed E-state index contributed by atoms with van der Waals surface area (Å²) in [4.78, 5) is 12.8.